The Morgan fingerprint density at radius 3 is 2.69 bits per heavy atom. The van der Waals surface area contributed by atoms with Gasteiger partial charge in [-0.15, -0.1) is 12.4 Å². The van der Waals surface area contributed by atoms with Crippen LogP contribution in [0, 0.1) is 5.41 Å². The Bertz CT molecular complexity index is 213. The maximum atomic E-state index is 11.7. The molecule has 0 unspecified atom stereocenters. The number of hydrogen-bond acceptors (Lipinski definition) is 2. The first-order chi connectivity index (χ1) is 7.03. The third kappa shape index (κ3) is 5.71. The summed E-state index contributed by atoms with van der Waals surface area (Å²) in [6.45, 7) is 8.44. The van der Waals surface area contributed by atoms with Gasteiger partial charge in [-0.3, -0.25) is 4.79 Å². The normalized spacial score (nSPS) is 21.1. The summed E-state index contributed by atoms with van der Waals surface area (Å²) in [6.07, 6.45) is 3.97. The van der Waals surface area contributed by atoms with Gasteiger partial charge in [-0.2, -0.15) is 0 Å². The molecule has 3 nitrogen and oxygen atoms in total. The fourth-order valence-corrected chi connectivity index (χ4v) is 1.81. The average Bonchev–Trinajstić information content (AvgIpc) is 2.18. The van der Waals surface area contributed by atoms with Gasteiger partial charge in [0.2, 0.25) is 5.91 Å². The van der Waals surface area contributed by atoms with Crippen molar-refractivity contribution in [2.24, 2.45) is 5.41 Å². The molecule has 1 aliphatic heterocycles. The first kappa shape index (κ1) is 15.7. The Morgan fingerprint density at radius 2 is 2.19 bits per heavy atom. The highest BCUT2D eigenvalue weighted by Gasteiger charge is 2.22. The molecule has 1 amide bonds. The minimum Gasteiger partial charge on any atom is -0.352 e. The van der Waals surface area contributed by atoms with Crippen molar-refractivity contribution in [1.82, 2.24) is 10.6 Å². The lowest BCUT2D eigenvalue weighted by atomic mass is 9.86. The van der Waals surface area contributed by atoms with Crippen LogP contribution in [0.15, 0.2) is 0 Å². The molecule has 1 rings (SSSR count). The molecule has 0 radical (unpaired) electrons. The summed E-state index contributed by atoms with van der Waals surface area (Å²) in [5.41, 5.74) is 0.131. The highest BCUT2D eigenvalue weighted by Crippen LogP contribution is 2.24. The number of rotatable bonds is 4. The van der Waals surface area contributed by atoms with Crippen LogP contribution >= 0.6 is 12.4 Å². The van der Waals surface area contributed by atoms with E-state index in [0.29, 0.717) is 12.5 Å². The third-order valence-corrected chi connectivity index (χ3v) is 3.26. The van der Waals surface area contributed by atoms with E-state index >= 15 is 0 Å². The maximum absolute atomic E-state index is 11.7. The third-order valence-electron chi connectivity index (χ3n) is 3.26. The van der Waals surface area contributed by atoms with E-state index in [2.05, 4.69) is 31.4 Å². The predicted octanol–water partition coefficient (Wildman–Crippen LogP) is 2.10. The Morgan fingerprint density at radius 1 is 1.50 bits per heavy atom. The van der Waals surface area contributed by atoms with Crippen LogP contribution in [0.1, 0.15) is 46.5 Å². The summed E-state index contributed by atoms with van der Waals surface area (Å²) in [5.74, 6) is 0.204. The number of halogens is 1. The fraction of sp³-hybridized carbons (Fsp3) is 0.917. The van der Waals surface area contributed by atoms with Crippen LogP contribution in [0.5, 0.6) is 0 Å². The molecule has 0 aliphatic carbocycles. The fourth-order valence-electron chi connectivity index (χ4n) is 1.81. The van der Waals surface area contributed by atoms with E-state index in [0.717, 1.165) is 25.9 Å². The van der Waals surface area contributed by atoms with E-state index in [9.17, 15) is 4.79 Å². The molecule has 0 aromatic carbocycles. The van der Waals surface area contributed by atoms with Crippen molar-refractivity contribution in [1.29, 1.82) is 0 Å². The van der Waals surface area contributed by atoms with Gasteiger partial charge in [0, 0.05) is 19.0 Å². The van der Waals surface area contributed by atoms with E-state index in [4.69, 9.17) is 0 Å². The van der Waals surface area contributed by atoms with E-state index in [1.165, 1.54) is 6.42 Å². The molecule has 1 fully saturated rings. The number of nitrogens with one attached hydrogen (secondary N) is 2. The van der Waals surface area contributed by atoms with Gasteiger partial charge in [0.1, 0.15) is 0 Å². The predicted molar refractivity (Wildman–Crippen MR) is 70.0 cm³/mol. The number of hydrogen-bond donors (Lipinski definition) is 2. The second-order valence-corrected chi connectivity index (χ2v) is 5.31. The maximum Gasteiger partial charge on any atom is 0.220 e. The smallest absolute Gasteiger partial charge is 0.220 e. The lowest BCUT2D eigenvalue weighted by Gasteiger charge is -2.27. The van der Waals surface area contributed by atoms with E-state index in [-0.39, 0.29) is 23.7 Å². The molecular formula is C12H25ClN2O. The Kier molecular flexibility index (Phi) is 7.00. The van der Waals surface area contributed by atoms with Gasteiger partial charge >= 0.3 is 0 Å². The zero-order valence-electron chi connectivity index (χ0n) is 10.6. The zero-order valence-corrected chi connectivity index (χ0v) is 11.5. The largest absolute Gasteiger partial charge is 0.352 e. The molecule has 0 saturated carbocycles. The van der Waals surface area contributed by atoms with Crippen LogP contribution in [0.4, 0.5) is 0 Å². The van der Waals surface area contributed by atoms with Crippen molar-refractivity contribution >= 4 is 18.3 Å². The van der Waals surface area contributed by atoms with Crippen LogP contribution < -0.4 is 10.6 Å². The Balaban J connectivity index is 0.00000225. The minimum atomic E-state index is 0. The van der Waals surface area contributed by atoms with Gasteiger partial charge in [-0.1, -0.05) is 27.2 Å². The van der Waals surface area contributed by atoms with Gasteiger partial charge in [0.05, 0.1) is 0 Å². The molecular weight excluding hydrogens is 224 g/mol. The van der Waals surface area contributed by atoms with Crippen LogP contribution in [0.25, 0.3) is 0 Å². The molecule has 4 heteroatoms. The standard InChI is InChI=1S/C12H24N2O.ClH/c1-4-12(2,3)8-11(15)14-10-6-5-7-13-9-10;/h10,13H,4-9H2,1-3H3,(H,14,15);1H/t10-;/m0./s1. The van der Waals surface area contributed by atoms with Crippen molar-refractivity contribution in [2.45, 2.75) is 52.5 Å². The van der Waals surface area contributed by atoms with E-state index < -0.39 is 0 Å². The summed E-state index contributed by atoms with van der Waals surface area (Å²) in [5, 5.41) is 6.41. The lowest BCUT2D eigenvalue weighted by Crippen LogP contribution is -2.46. The average molecular weight is 249 g/mol. The molecule has 96 valence electrons. The number of carbonyl (C=O) groups excluding carboxylic acids is 1. The van der Waals surface area contributed by atoms with E-state index in [1.54, 1.807) is 0 Å². The van der Waals surface area contributed by atoms with Crippen molar-refractivity contribution in [2.75, 3.05) is 13.1 Å². The highest BCUT2D eigenvalue weighted by molar-refractivity contribution is 5.85. The summed E-state index contributed by atoms with van der Waals surface area (Å²) >= 11 is 0. The molecule has 1 atom stereocenters. The lowest BCUT2D eigenvalue weighted by molar-refractivity contribution is -0.123. The van der Waals surface area contributed by atoms with Crippen molar-refractivity contribution < 1.29 is 4.79 Å². The minimum absolute atomic E-state index is 0. The summed E-state index contributed by atoms with van der Waals surface area (Å²) in [4.78, 5) is 11.7. The van der Waals surface area contributed by atoms with Gasteiger partial charge < -0.3 is 10.6 Å². The zero-order chi connectivity index (χ0) is 11.3. The van der Waals surface area contributed by atoms with Crippen molar-refractivity contribution in [3.05, 3.63) is 0 Å². The van der Waals surface area contributed by atoms with Crippen molar-refractivity contribution in [3.63, 3.8) is 0 Å². The Hall–Kier alpha value is -0.280. The topological polar surface area (TPSA) is 41.1 Å². The molecule has 0 bridgehead atoms. The van der Waals surface area contributed by atoms with Gasteiger partial charge in [0.15, 0.2) is 0 Å². The van der Waals surface area contributed by atoms with Crippen LogP contribution in [0.2, 0.25) is 0 Å². The van der Waals surface area contributed by atoms with Crippen LogP contribution in [-0.2, 0) is 4.79 Å². The number of amides is 1. The van der Waals surface area contributed by atoms with Crippen LogP contribution in [-0.4, -0.2) is 25.0 Å². The summed E-state index contributed by atoms with van der Waals surface area (Å²) < 4.78 is 0. The SMILES string of the molecule is CCC(C)(C)CC(=O)N[C@H]1CCCNC1.Cl. The molecule has 16 heavy (non-hydrogen) atoms. The summed E-state index contributed by atoms with van der Waals surface area (Å²) in [7, 11) is 0. The van der Waals surface area contributed by atoms with Gasteiger partial charge in [-0.25, -0.2) is 0 Å². The molecule has 1 saturated heterocycles. The molecule has 2 N–H and O–H groups in total. The quantitative estimate of drug-likeness (QED) is 0.800. The molecule has 0 aromatic rings. The molecule has 1 heterocycles. The number of carbonyl (C=O) groups is 1. The van der Waals surface area contributed by atoms with Crippen molar-refractivity contribution in [3.8, 4) is 0 Å². The number of piperidine rings is 1. The summed E-state index contributed by atoms with van der Waals surface area (Å²) in [6, 6.07) is 0.346. The second-order valence-electron chi connectivity index (χ2n) is 5.31. The monoisotopic (exact) mass is 248 g/mol. The molecule has 1 aliphatic rings. The first-order valence-corrected chi connectivity index (χ1v) is 6.03. The highest BCUT2D eigenvalue weighted by atomic mass is 35.5. The first-order valence-electron chi connectivity index (χ1n) is 6.03. The van der Waals surface area contributed by atoms with Gasteiger partial charge in [0.25, 0.3) is 0 Å². The Labute approximate surface area is 105 Å². The van der Waals surface area contributed by atoms with Crippen LogP contribution in [0.3, 0.4) is 0 Å². The molecule has 0 aromatic heterocycles. The molecule has 0 spiro atoms. The van der Waals surface area contributed by atoms with Gasteiger partial charge in [-0.05, 0) is 24.8 Å². The second kappa shape index (κ2) is 7.13. The van der Waals surface area contributed by atoms with E-state index in [1.807, 2.05) is 0 Å².